The molecule has 0 bridgehead atoms. The predicted molar refractivity (Wildman–Crippen MR) is 155 cm³/mol. The summed E-state index contributed by atoms with van der Waals surface area (Å²) in [5.41, 5.74) is 8.09. The molecule has 0 aliphatic heterocycles. The van der Waals surface area contributed by atoms with Crippen LogP contribution in [-0.4, -0.2) is 9.24 Å². The lowest BCUT2D eigenvalue weighted by molar-refractivity contribution is 1.12. The summed E-state index contributed by atoms with van der Waals surface area (Å²) in [6.07, 6.45) is 1.75. The van der Waals surface area contributed by atoms with Crippen LogP contribution in [0.4, 0.5) is 0 Å². The summed E-state index contributed by atoms with van der Waals surface area (Å²) < 4.78 is 4.13. The molecule has 3 heteroatoms. The van der Waals surface area contributed by atoms with Crippen molar-refractivity contribution >= 4 is 43.6 Å². The highest BCUT2D eigenvalue weighted by molar-refractivity contribution is 6.12. The van der Waals surface area contributed by atoms with Gasteiger partial charge in [-0.3, -0.25) is 4.68 Å². The van der Waals surface area contributed by atoms with Crippen LogP contribution in [0.2, 0.25) is 0 Å². The fourth-order valence-corrected chi connectivity index (χ4v) is 5.19. The summed E-state index contributed by atoms with van der Waals surface area (Å²) in [5, 5.41) is 4.88. The van der Waals surface area contributed by atoms with Crippen LogP contribution in [0.15, 0.2) is 128 Å². The maximum absolute atomic E-state index is 6.37. The number of benzene rings is 5. The third-order valence-electron chi connectivity index (χ3n) is 6.73. The highest BCUT2D eigenvalue weighted by Crippen LogP contribution is 2.36. The summed E-state index contributed by atoms with van der Waals surface area (Å²) in [6.45, 7) is 5.25. The van der Waals surface area contributed by atoms with Crippen molar-refractivity contribution in [1.82, 2.24) is 9.24 Å². The SMILES string of the molecule is C=CC.Nn1c2ccccc2c2cc(-c3ccc4c(c3)c3ccccc3n4-c3ccccc3)ccc21. The minimum Gasteiger partial charge on any atom is -0.339 e. The van der Waals surface area contributed by atoms with Gasteiger partial charge in [-0.1, -0.05) is 72.8 Å². The number of aromatic nitrogens is 2. The van der Waals surface area contributed by atoms with E-state index in [1.807, 2.05) is 13.0 Å². The first kappa shape index (κ1) is 21.8. The zero-order valence-corrected chi connectivity index (χ0v) is 20.2. The molecule has 0 spiro atoms. The third kappa shape index (κ3) is 3.37. The third-order valence-corrected chi connectivity index (χ3v) is 6.73. The Morgan fingerprint density at radius 1 is 0.556 bits per heavy atom. The normalized spacial score (nSPS) is 11.1. The molecule has 5 aromatic carbocycles. The first-order chi connectivity index (χ1) is 17.7. The Balaban J connectivity index is 0.000000765. The van der Waals surface area contributed by atoms with Gasteiger partial charge in [-0.05, 0) is 66.6 Å². The van der Waals surface area contributed by atoms with Gasteiger partial charge in [-0.2, -0.15) is 0 Å². The van der Waals surface area contributed by atoms with Gasteiger partial charge in [0.05, 0.1) is 22.1 Å². The van der Waals surface area contributed by atoms with Crippen molar-refractivity contribution < 1.29 is 0 Å². The van der Waals surface area contributed by atoms with E-state index in [4.69, 9.17) is 5.84 Å². The molecule has 7 rings (SSSR count). The Hall–Kier alpha value is -4.76. The topological polar surface area (TPSA) is 35.9 Å². The molecular formula is C33H27N3. The van der Waals surface area contributed by atoms with E-state index < -0.39 is 0 Å². The molecule has 0 unspecified atom stereocenters. The van der Waals surface area contributed by atoms with Gasteiger partial charge < -0.3 is 10.4 Å². The summed E-state index contributed by atoms with van der Waals surface area (Å²) in [6, 6.07) is 40.9. The van der Waals surface area contributed by atoms with Crippen molar-refractivity contribution in [1.29, 1.82) is 0 Å². The number of rotatable bonds is 2. The minimum atomic E-state index is 1.04. The second kappa shape index (κ2) is 8.79. The van der Waals surface area contributed by atoms with Crippen LogP contribution in [-0.2, 0) is 0 Å². The van der Waals surface area contributed by atoms with E-state index in [2.05, 4.69) is 120 Å². The molecule has 0 saturated heterocycles. The second-order valence-electron chi connectivity index (χ2n) is 8.95. The van der Waals surface area contributed by atoms with Gasteiger partial charge in [0.25, 0.3) is 0 Å². The molecule has 0 radical (unpaired) electrons. The number of nitrogens with two attached hydrogens (primary N) is 1. The molecular weight excluding hydrogens is 438 g/mol. The van der Waals surface area contributed by atoms with Gasteiger partial charge in [0, 0.05) is 27.2 Å². The molecule has 0 fully saturated rings. The van der Waals surface area contributed by atoms with E-state index in [1.54, 1.807) is 10.8 Å². The number of allylic oxidation sites excluding steroid dienone is 1. The number of nitrogen functional groups attached to an aromatic ring is 1. The van der Waals surface area contributed by atoms with Crippen molar-refractivity contribution in [3.8, 4) is 16.8 Å². The average molecular weight is 466 g/mol. The Morgan fingerprint density at radius 2 is 1.00 bits per heavy atom. The summed E-state index contributed by atoms with van der Waals surface area (Å²) in [5.74, 6) is 6.37. The van der Waals surface area contributed by atoms with Crippen LogP contribution >= 0.6 is 0 Å². The highest BCUT2D eigenvalue weighted by Gasteiger charge is 2.14. The zero-order chi connectivity index (χ0) is 24.6. The monoisotopic (exact) mass is 465 g/mol. The minimum absolute atomic E-state index is 1.04. The first-order valence-electron chi connectivity index (χ1n) is 12.2. The number of fused-ring (bicyclic) bond motifs is 6. The van der Waals surface area contributed by atoms with Crippen LogP contribution in [0.5, 0.6) is 0 Å². The molecule has 2 heterocycles. The van der Waals surface area contributed by atoms with E-state index in [9.17, 15) is 0 Å². The van der Waals surface area contributed by atoms with Crippen LogP contribution in [0.25, 0.3) is 60.4 Å². The van der Waals surface area contributed by atoms with E-state index in [0.29, 0.717) is 0 Å². The molecule has 0 amide bonds. The lowest BCUT2D eigenvalue weighted by atomic mass is 10.0. The van der Waals surface area contributed by atoms with Gasteiger partial charge in [0.15, 0.2) is 0 Å². The van der Waals surface area contributed by atoms with Gasteiger partial charge >= 0.3 is 0 Å². The number of hydrogen-bond donors (Lipinski definition) is 1. The maximum Gasteiger partial charge on any atom is 0.0704 e. The molecule has 36 heavy (non-hydrogen) atoms. The molecule has 2 aromatic heterocycles. The van der Waals surface area contributed by atoms with Crippen LogP contribution in [0.1, 0.15) is 6.92 Å². The lowest BCUT2D eigenvalue weighted by Crippen LogP contribution is -2.06. The molecule has 2 N–H and O–H groups in total. The zero-order valence-electron chi connectivity index (χ0n) is 20.2. The standard InChI is InChI=1S/C30H21N3.C3H6/c31-33-29-13-7-5-11-24(29)26-19-21(15-17-30(26)33)20-14-16-28-25(18-20)23-10-4-6-12-27(23)32(28)22-8-2-1-3-9-22;1-3-2/h1-19H,31H2;3H,1H2,2H3. The number of para-hydroxylation sites is 3. The van der Waals surface area contributed by atoms with Gasteiger partial charge in [-0.25, -0.2) is 0 Å². The van der Waals surface area contributed by atoms with Crippen molar-refractivity contribution in [2.45, 2.75) is 6.92 Å². The van der Waals surface area contributed by atoms with Crippen molar-refractivity contribution in [3.05, 3.63) is 128 Å². The summed E-state index contributed by atoms with van der Waals surface area (Å²) in [4.78, 5) is 0. The van der Waals surface area contributed by atoms with Gasteiger partial charge in [0.1, 0.15) is 0 Å². The van der Waals surface area contributed by atoms with Gasteiger partial charge in [0.2, 0.25) is 0 Å². The van der Waals surface area contributed by atoms with E-state index in [1.165, 1.54) is 49.4 Å². The van der Waals surface area contributed by atoms with Crippen LogP contribution in [0, 0.1) is 0 Å². The molecule has 174 valence electrons. The maximum atomic E-state index is 6.37. The fraction of sp³-hybridized carbons (Fsp3) is 0.0303. The van der Waals surface area contributed by atoms with Crippen molar-refractivity contribution in [2.24, 2.45) is 0 Å². The Morgan fingerprint density at radius 3 is 1.67 bits per heavy atom. The smallest absolute Gasteiger partial charge is 0.0704 e. The molecule has 3 nitrogen and oxygen atoms in total. The number of nitrogens with zero attached hydrogens (tertiary/aromatic N) is 2. The van der Waals surface area contributed by atoms with Gasteiger partial charge in [-0.15, -0.1) is 6.58 Å². The molecule has 0 atom stereocenters. The van der Waals surface area contributed by atoms with Crippen LogP contribution < -0.4 is 5.84 Å². The molecule has 0 saturated carbocycles. The summed E-state index contributed by atoms with van der Waals surface area (Å²) in [7, 11) is 0. The highest BCUT2D eigenvalue weighted by atomic mass is 15.3. The lowest BCUT2D eigenvalue weighted by Gasteiger charge is -2.08. The van der Waals surface area contributed by atoms with Crippen LogP contribution in [0.3, 0.4) is 0 Å². The largest absolute Gasteiger partial charge is 0.339 e. The quantitative estimate of drug-likeness (QED) is 0.202. The van der Waals surface area contributed by atoms with Crippen molar-refractivity contribution in [2.75, 3.05) is 5.84 Å². The predicted octanol–water partition coefficient (Wildman–Crippen LogP) is 8.46. The van der Waals surface area contributed by atoms with E-state index in [-0.39, 0.29) is 0 Å². The molecule has 7 aromatic rings. The molecule has 0 aliphatic carbocycles. The Kier molecular flexibility index (Phi) is 5.31. The Bertz CT molecular complexity index is 1870. The fourth-order valence-electron chi connectivity index (χ4n) is 5.19. The Labute approximate surface area is 210 Å². The van der Waals surface area contributed by atoms with E-state index in [0.717, 1.165) is 11.0 Å². The van der Waals surface area contributed by atoms with E-state index >= 15 is 0 Å². The molecule has 0 aliphatic rings. The average Bonchev–Trinajstić information content (AvgIpc) is 3.41. The van der Waals surface area contributed by atoms with Crippen molar-refractivity contribution in [3.63, 3.8) is 0 Å². The number of hydrogen-bond acceptors (Lipinski definition) is 1. The summed E-state index contributed by atoms with van der Waals surface area (Å²) >= 11 is 0. The first-order valence-corrected chi connectivity index (χ1v) is 12.2. The second-order valence-corrected chi connectivity index (χ2v) is 8.95.